The maximum Gasteiger partial charge on any atom is 0.122 e. The number of rotatable bonds is 5. The van der Waals surface area contributed by atoms with Gasteiger partial charge in [0.05, 0.1) is 18.4 Å². The predicted molar refractivity (Wildman–Crippen MR) is 58.2 cm³/mol. The minimum Gasteiger partial charge on any atom is -0.468 e. The fraction of sp³-hybridized carbons (Fsp3) is 0.667. The highest BCUT2D eigenvalue weighted by Gasteiger charge is 2.18. The highest BCUT2D eigenvalue weighted by atomic mass is 16.7. The lowest BCUT2D eigenvalue weighted by molar-refractivity contribution is -0.0449. The van der Waals surface area contributed by atoms with Crippen LogP contribution in [0.25, 0.3) is 0 Å². The molecule has 0 aromatic carbocycles. The zero-order chi connectivity index (χ0) is 10.5. The molecule has 1 aromatic heterocycles. The lowest BCUT2D eigenvalue weighted by Crippen LogP contribution is -2.25. The molecule has 1 heterocycles. The average Bonchev–Trinajstić information content (AvgIpc) is 2.90. The summed E-state index contributed by atoms with van der Waals surface area (Å²) in [6.07, 6.45) is 8.03. The molecule has 1 saturated carbocycles. The molecule has 1 aliphatic carbocycles. The quantitative estimate of drug-likeness (QED) is 0.756. The minimum absolute atomic E-state index is 0.181. The van der Waals surface area contributed by atoms with Crippen molar-refractivity contribution in [1.82, 2.24) is 5.48 Å². The van der Waals surface area contributed by atoms with Gasteiger partial charge in [-0.25, -0.2) is 0 Å². The molecule has 0 aliphatic heterocycles. The van der Waals surface area contributed by atoms with Crippen LogP contribution in [0.5, 0.6) is 0 Å². The molecule has 0 bridgehead atoms. The standard InChI is InChI=1S/C12H19NO2/c1-2-11(12-8-5-9-14-12)13-15-10-6-3-4-7-10/h5,8-11,13H,2-4,6-7H2,1H3. The van der Waals surface area contributed by atoms with Crippen molar-refractivity contribution in [3.05, 3.63) is 24.2 Å². The van der Waals surface area contributed by atoms with E-state index in [1.165, 1.54) is 25.7 Å². The first kappa shape index (κ1) is 10.7. The minimum atomic E-state index is 0.181. The third-order valence-corrected chi connectivity index (χ3v) is 2.97. The number of hydrogen-bond donors (Lipinski definition) is 1. The van der Waals surface area contributed by atoms with E-state index in [2.05, 4.69) is 12.4 Å². The van der Waals surface area contributed by atoms with Crippen LogP contribution in [0.15, 0.2) is 22.8 Å². The first-order valence-corrected chi connectivity index (χ1v) is 5.84. The Morgan fingerprint density at radius 1 is 1.53 bits per heavy atom. The van der Waals surface area contributed by atoms with Gasteiger partial charge in [-0.2, -0.15) is 5.48 Å². The van der Waals surface area contributed by atoms with Crippen LogP contribution in [-0.4, -0.2) is 6.10 Å². The largest absolute Gasteiger partial charge is 0.468 e. The summed E-state index contributed by atoms with van der Waals surface area (Å²) in [5.74, 6) is 0.954. The lowest BCUT2D eigenvalue weighted by atomic mass is 10.2. The molecule has 0 saturated heterocycles. The van der Waals surface area contributed by atoms with E-state index >= 15 is 0 Å². The van der Waals surface area contributed by atoms with Crippen molar-refractivity contribution in [1.29, 1.82) is 0 Å². The molecule has 1 atom stereocenters. The van der Waals surface area contributed by atoms with Crippen molar-refractivity contribution in [3.8, 4) is 0 Å². The molecule has 3 heteroatoms. The molecule has 3 nitrogen and oxygen atoms in total. The van der Waals surface area contributed by atoms with Crippen molar-refractivity contribution < 1.29 is 9.25 Å². The highest BCUT2D eigenvalue weighted by molar-refractivity contribution is 5.03. The van der Waals surface area contributed by atoms with Crippen LogP contribution in [0.3, 0.4) is 0 Å². The van der Waals surface area contributed by atoms with Crippen LogP contribution in [0.4, 0.5) is 0 Å². The van der Waals surface area contributed by atoms with Crippen LogP contribution >= 0.6 is 0 Å². The van der Waals surface area contributed by atoms with Gasteiger partial charge < -0.3 is 4.42 Å². The SMILES string of the molecule is CCC(NOC1CCCC1)c1ccco1. The van der Waals surface area contributed by atoms with E-state index in [9.17, 15) is 0 Å². The Kier molecular flexibility index (Phi) is 3.80. The Morgan fingerprint density at radius 2 is 2.33 bits per heavy atom. The first-order valence-electron chi connectivity index (χ1n) is 5.84. The Hall–Kier alpha value is -0.800. The second kappa shape index (κ2) is 5.33. The monoisotopic (exact) mass is 209 g/mol. The Bertz CT molecular complexity index is 265. The Balaban J connectivity index is 1.80. The van der Waals surface area contributed by atoms with Gasteiger partial charge in [-0.05, 0) is 31.4 Å². The summed E-state index contributed by atoms with van der Waals surface area (Å²) in [6.45, 7) is 2.12. The molecule has 15 heavy (non-hydrogen) atoms. The van der Waals surface area contributed by atoms with Crippen molar-refractivity contribution in [2.45, 2.75) is 51.2 Å². The molecule has 84 valence electrons. The lowest BCUT2D eigenvalue weighted by Gasteiger charge is -2.17. The molecule has 1 aliphatic rings. The van der Waals surface area contributed by atoms with E-state index in [1.807, 2.05) is 12.1 Å². The molecule has 1 aromatic rings. The number of nitrogens with one attached hydrogen (secondary N) is 1. The predicted octanol–water partition coefficient (Wildman–Crippen LogP) is 3.19. The molecule has 0 radical (unpaired) electrons. The fourth-order valence-electron chi connectivity index (χ4n) is 2.02. The normalized spacial score (nSPS) is 19.5. The molecular weight excluding hydrogens is 190 g/mol. The zero-order valence-corrected chi connectivity index (χ0v) is 9.24. The van der Waals surface area contributed by atoms with Crippen molar-refractivity contribution in [2.75, 3.05) is 0 Å². The second-order valence-electron chi connectivity index (χ2n) is 4.12. The van der Waals surface area contributed by atoms with Gasteiger partial charge in [-0.1, -0.05) is 19.8 Å². The van der Waals surface area contributed by atoms with E-state index in [1.54, 1.807) is 6.26 Å². The van der Waals surface area contributed by atoms with Crippen LogP contribution < -0.4 is 5.48 Å². The van der Waals surface area contributed by atoms with Gasteiger partial charge in [0.1, 0.15) is 5.76 Å². The number of furan rings is 1. The summed E-state index contributed by atoms with van der Waals surface area (Å²) in [4.78, 5) is 5.67. The van der Waals surface area contributed by atoms with Crippen molar-refractivity contribution in [2.24, 2.45) is 0 Å². The third-order valence-electron chi connectivity index (χ3n) is 2.97. The molecule has 0 amide bonds. The van der Waals surface area contributed by atoms with Gasteiger partial charge >= 0.3 is 0 Å². The summed E-state index contributed by atoms with van der Waals surface area (Å²) >= 11 is 0. The van der Waals surface area contributed by atoms with Gasteiger partial charge in [-0.15, -0.1) is 0 Å². The Labute approximate surface area is 90.8 Å². The van der Waals surface area contributed by atoms with E-state index in [-0.39, 0.29) is 6.04 Å². The second-order valence-corrected chi connectivity index (χ2v) is 4.12. The topological polar surface area (TPSA) is 34.4 Å². The van der Waals surface area contributed by atoms with Gasteiger partial charge in [0.2, 0.25) is 0 Å². The summed E-state index contributed by atoms with van der Waals surface area (Å²) in [7, 11) is 0. The molecule has 0 spiro atoms. The summed E-state index contributed by atoms with van der Waals surface area (Å²) in [6, 6.07) is 4.08. The molecule has 2 rings (SSSR count). The summed E-state index contributed by atoms with van der Waals surface area (Å²) in [5, 5.41) is 0. The third kappa shape index (κ3) is 2.83. The van der Waals surface area contributed by atoms with Gasteiger partial charge in [0, 0.05) is 0 Å². The molecule has 1 fully saturated rings. The van der Waals surface area contributed by atoms with Gasteiger partial charge in [0.15, 0.2) is 0 Å². The van der Waals surface area contributed by atoms with Crippen LogP contribution in [-0.2, 0) is 4.84 Å². The van der Waals surface area contributed by atoms with Gasteiger partial charge in [0.25, 0.3) is 0 Å². The maximum atomic E-state index is 5.67. The van der Waals surface area contributed by atoms with E-state index < -0.39 is 0 Å². The maximum absolute atomic E-state index is 5.67. The van der Waals surface area contributed by atoms with E-state index in [0.29, 0.717) is 6.10 Å². The fourth-order valence-corrected chi connectivity index (χ4v) is 2.02. The van der Waals surface area contributed by atoms with Crippen LogP contribution in [0.2, 0.25) is 0 Å². The summed E-state index contributed by atoms with van der Waals surface area (Å²) in [5.41, 5.74) is 3.12. The van der Waals surface area contributed by atoms with Crippen molar-refractivity contribution >= 4 is 0 Å². The summed E-state index contributed by atoms with van der Waals surface area (Å²) < 4.78 is 5.36. The molecular formula is C12H19NO2. The first-order chi connectivity index (χ1) is 7.40. The molecule has 1 unspecified atom stereocenters. The number of hydroxylamine groups is 1. The van der Waals surface area contributed by atoms with E-state index in [0.717, 1.165) is 12.2 Å². The van der Waals surface area contributed by atoms with Crippen LogP contribution in [0, 0.1) is 0 Å². The van der Waals surface area contributed by atoms with Crippen LogP contribution in [0.1, 0.15) is 50.8 Å². The zero-order valence-electron chi connectivity index (χ0n) is 9.24. The molecule has 1 N–H and O–H groups in total. The van der Waals surface area contributed by atoms with Gasteiger partial charge in [-0.3, -0.25) is 4.84 Å². The van der Waals surface area contributed by atoms with E-state index in [4.69, 9.17) is 9.25 Å². The smallest absolute Gasteiger partial charge is 0.122 e. The van der Waals surface area contributed by atoms with Crippen molar-refractivity contribution in [3.63, 3.8) is 0 Å². The highest BCUT2D eigenvalue weighted by Crippen LogP contribution is 2.22. The number of hydrogen-bond acceptors (Lipinski definition) is 3. The average molecular weight is 209 g/mol. The Morgan fingerprint density at radius 3 is 2.93 bits per heavy atom.